The number of carbonyl (C=O) groups is 2. The van der Waals surface area contributed by atoms with E-state index in [4.69, 9.17) is 16.3 Å². The van der Waals surface area contributed by atoms with Gasteiger partial charge in [-0.2, -0.15) is 0 Å². The third-order valence-corrected chi connectivity index (χ3v) is 3.71. The monoisotopic (exact) mass is 331 g/mol. The van der Waals surface area contributed by atoms with E-state index >= 15 is 0 Å². The van der Waals surface area contributed by atoms with Crippen LogP contribution in [0.5, 0.6) is 0 Å². The smallest absolute Gasteiger partial charge is 0.328 e. The SMILES string of the molecule is COC(=O)[C@H](Cc1ccc(C)cc1)NC(=O)c1ccc(Cl)cc1. The van der Waals surface area contributed by atoms with Crippen LogP contribution in [0.3, 0.4) is 0 Å². The Hall–Kier alpha value is -2.33. The highest BCUT2D eigenvalue weighted by atomic mass is 35.5. The van der Waals surface area contributed by atoms with Crippen LogP contribution >= 0.6 is 11.6 Å². The van der Waals surface area contributed by atoms with E-state index in [2.05, 4.69) is 5.32 Å². The number of hydrogen-bond acceptors (Lipinski definition) is 3. The quantitative estimate of drug-likeness (QED) is 0.856. The Morgan fingerprint density at radius 1 is 1.09 bits per heavy atom. The normalized spacial score (nSPS) is 11.6. The molecule has 0 unspecified atom stereocenters. The standard InChI is InChI=1S/C18H18ClNO3/c1-12-3-5-13(6-4-12)11-16(18(22)23-2)20-17(21)14-7-9-15(19)10-8-14/h3-10,16H,11H2,1-2H3,(H,20,21)/t16-/m0/s1. The van der Waals surface area contributed by atoms with Crippen molar-refractivity contribution >= 4 is 23.5 Å². The minimum absolute atomic E-state index is 0.343. The molecule has 1 N–H and O–H groups in total. The van der Waals surface area contributed by atoms with Gasteiger partial charge in [0.05, 0.1) is 7.11 Å². The third kappa shape index (κ3) is 4.83. The molecule has 0 aliphatic heterocycles. The fraction of sp³-hybridized carbons (Fsp3) is 0.222. The van der Waals surface area contributed by atoms with Crippen molar-refractivity contribution < 1.29 is 14.3 Å². The third-order valence-electron chi connectivity index (χ3n) is 3.46. The Bertz CT molecular complexity index is 680. The van der Waals surface area contributed by atoms with Crippen LogP contribution in [0.15, 0.2) is 48.5 Å². The van der Waals surface area contributed by atoms with Crippen molar-refractivity contribution in [3.63, 3.8) is 0 Å². The average molecular weight is 332 g/mol. The van der Waals surface area contributed by atoms with Gasteiger partial charge in [-0.05, 0) is 36.8 Å². The second-order valence-corrected chi connectivity index (χ2v) is 5.68. The molecule has 0 aliphatic carbocycles. The fourth-order valence-corrected chi connectivity index (χ4v) is 2.26. The highest BCUT2D eigenvalue weighted by molar-refractivity contribution is 6.30. The average Bonchev–Trinajstić information content (AvgIpc) is 2.56. The second kappa shape index (κ2) is 7.79. The summed E-state index contributed by atoms with van der Waals surface area (Å²) in [5.41, 5.74) is 2.52. The molecule has 23 heavy (non-hydrogen) atoms. The molecule has 2 aromatic carbocycles. The Morgan fingerprint density at radius 2 is 1.70 bits per heavy atom. The molecule has 5 heteroatoms. The van der Waals surface area contributed by atoms with Crippen molar-refractivity contribution in [3.05, 3.63) is 70.2 Å². The van der Waals surface area contributed by atoms with Crippen LogP contribution in [0.2, 0.25) is 5.02 Å². The molecule has 1 atom stereocenters. The lowest BCUT2D eigenvalue weighted by molar-refractivity contribution is -0.142. The lowest BCUT2D eigenvalue weighted by Crippen LogP contribution is -2.43. The molecular weight excluding hydrogens is 314 g/mol. The zero-order valence-electron chi connectivity index (χ0n) is 13.0. The van der Waals surface area contributed by atoms with Crippen molar-refractivity contribution in [2.75, 3.05) is 7.11 Å². The molecule has 120 valence electrons. The first-order chi connectivity index (χ1) is 11.0. The topological polar surface area (TPSA) is 55.4 Å². The summed E-state index contributed by atoms with van der Waals surface area (Å²) in [5.74, 6) is -0.822. The van der Waals surface area contributed by atoms with Gasteiger partial charge in [-0.25, -0.2) is 4.79 Å². The molecule has 1 amide bonds. The van der Waals surface area contributed by atoms with Crippen LogP contribution in [-0.4, -0.2) is 25.0 Å². The molecule has 2 rings (SSSR count). The number of hydrogen-bond donors (Lipinski definition) is 1. The predicted octanol–water partition coefficient (Wildman–Crippen LogP) is 3.16. The first-order valence-corrected chi connectivity index (χ1v) is 7.57. The molecule has 0 aliphatic rings. The molecule has 2 aromatic rings. The molecule has 0 spiro atoms. The van der Waals surface area contributed by atoms with Crippen LogP contribution in [0.25, 0.3) is 0 Å². The summed E-state index contributed by atoms with van der Waals surface area (Å²) in [5, 5.41) is 3.26. The number of nitrogens with one attached hydrogen (secondary N) is 1. The van der Waals surface area contributed by atoms with E-state index in [9.17, 15) is 9.59 Å². The van der Waals surface area contributed by atoms with E-state index in [1.807, 2.05) is 31.2 Å². The molecule has 0 radical (unpaired) electrons. The Balaban J connectivity index is 2.12. The van der Waals surface area contributed by atoms with Gasteiger partial charge in [0.15, 0.2) is 0 Å². The molecule has 0 bridgehead atoms. The lowest BCUT2D eigenvalue weighted by Gasteiger charge is -2.17. The van der Waals surface area contributed by atoms with E-state index in [0.717, 1.165) is 11.1 Å². The number of rotatable bonds is 5. The number of ether oxygens (including phenoxy) is 1. The fourth-order valence-electron chi connectivity index (χ4n) is 2.14. The zero-order valence-corrected chi connectivity index (χ0v) is 13.8. The van der Waals surface area contributed by atoms with Gasteiger partial charge in [0, 0.05) is 17.0 Å². The van der Waals surface area contributed by atoms with Crippen LogP contribution in [0, 0.1) is 6.92 Å². The van der Waals surface area contributed by atoms with E-state index < -0.39 is 12.0 Å². The van der Waals surface area contributed by atoms with Gasteiger partial charge in [-0.3, -0.25) is 4.79 Å². The number of esters is 1. The number of carbonyl (C=O) groups excluding carboxylic acids is 2. The number of methoxy groups -OCH3 is 1. The van der Waals surface area contributed by atoms with Gasteiger partial charge in [-0.15, -0.1) is 0 Å². The molecule has 4 nitrogen and oxygen atoms in total. The molecule has 0 aromatic heterocycles. The summed E-state index contributed by atoms with van der Waals surface area (Å²) in [7, 11) is 1.30. The van der Waals surface area contributed by atoms with E-state index in [1.54, 1.807) is 24.3 Å². The number of halogens is 1. The summed E-state index contributed by atoms with van der Waals surface area (Å²) in [4.78, 5) is 24.2. The molecule has 0 fully saturated rings. The highest BCUT2D eigenvalue weighted by Crippen LogP contribution is 2.11. The summed E-state index contributed by atoms with van der Waals surface area (Å²) in [6.45, 7) is 1.99. The summed E-state index contributed by atoms with van der Waals surface area (Å²) >= 11 is 5.81. The van der Waals surface area contributed by atoms with E-state index in [1.165, 1.54) is 7.11 Å². The van der Waals surface area contributed by atoms with Crippen molar-refractivity contribution in [1.82, 2.24) is 5.32 Å². The van der Waals surface area contributed by atoms with Gasteiger partial charge in [0.25, 0.3) is 5.91 Å². The maximum Gasteiger partial charge on any atom is 0.328 e. The van der Waals surface area contributed by atoms with Crippen LogP contribution < -0.4 is 5.32 Å². The summed E-state index contributed by atoms with van der Waals surface area (Å²) in [6, 6.07) is 13.5. The zero-order chi connectivity index (χ0) is 16.8. The van der Waals surface area contributed by atoms with Crippen molar-refractivity contribution in [2.24, 2.45) is 0 Å². The van der Waals surface area contributed by atoms with Gasteiger partial charge in [-0.1, -0.05) is 41.4 Å². The molecule has 0 saturated heterocycles. The summed E-state index contributed by atoms with van der Waals surface area (Å²) in [6.07, 6.45) is 0.367. The van der Waals surface area contributed by atoms with Gasteiger partial charge in [0.1, 0.15) is 6.04 Å². The number of amides is 1. The predicted molar refractivity (Wildman–Crippen MR) is 89.6 cm³/mol. The minimum atomic E-state index is -0.745. The number of benzene rings is 2. The first kappa shape index (κ1) is 17.0. The molecule has 0 heterocycles. The first-order valence-electron chi connectivity index (χ1n) is 7.19. The molecule has 0 saturated carbocycles. The Labute approximate surface area is 140 Å². The summed E-state index contributed by atoms with van der Waals surface area (Å²) < 4.78 is 4.79. The largest absolute Gasteiger partial charge is 0.467 e. The Morgan fingerprint density at radius 3 is 2.26 bits per heavy atom. The molecular formula is C18H18ClNO3. The van der Waals surface area contributed by atoms with Gasteiger partial charge < -0.3 is 10.1 Å². The Kier molecular flexibility index (Phi) is 5.77. The van der Waals surface area contributed by atoms with Gasteiger partial charge >= 0.3 is 5.97 Å². The number of aryl methyl sites for hydroxylation is 1. The van der Waals surface area contributed by atoms with Crippen LogP contribution in [-0.2, 0) is 16.0 Å². The van der Waals surface area contributed by atoms with Crippen molar-refractivity contribution in [3.8, 4) is 0 Å². The minimum Gasteiger partial charge on any atom is -0.467 e. The van der Waals surface area contributed by atoms with E-state index in [0.29, 0.717) is 17.0 Å². The maximum atomic E-state index is 12.3. The van der Waals surface area contributed by atoms with Crippen LogP contribution in [0.4, 0.5) is 0 Å². The van der Waals surface area contributed by atoms with Crippen molar-refractivity contribution in [2.45, 2.75) is 19.4 Å². The lowest BCUT2D eigenvalue weighted by atomic mass is 10.0. The maximum absolute atomic E-state index is 12.3. The highest BCUT2D eigenvalue weighted by Gasteiger charge is 2.22. The van der Waals surface area contributed by atoms with Crippen molar-refractivity contribution in [1.29, 1.82) is 0 Å². The van der Waals surface area contributed by atoms with Gasteiger partial charge in [0.2, 0.25) is 0 Å². The second-order valence-electron chi connectivity index (χ2n) is 5.25. The van der Waals surface area contributed by atoms with Crippen LogP contribution in [0.1, 0.15) is 21.5 Å². The van der Waals surface area contributed by atoms with E-state index in [-0.39, 0.29) is 5.91 Å².